The molecule has 15 heavy (non-hydrogen) atoms. The quantitative estimate of drug-likeness (QED) is 0.393. The van der Waals surface area contributed by atoms with Crippen molar-refractivity contribution in [1.29, 1.82) is 0 Å². The Morgan fingerprint density at radius 1 is 1.53 bits per heavy atom. The van der Waals surface area contributed by atoms with Gasteiger partial charge in [-0.1, -0.05) is 11.1 Å². The fourth-order valence-electron chi connectivity index (χ4n) is 2.17. The first-order valence-corrected chi connectivity index (χ1v) is 5.42. The molecule has 0 radical (unpaired) electrons. The van der Waals surface area contributed by atoms with Crippen LogP contribution in [0.3, 0.4) is 0 Å². The zero-order valence-electron chi connectivity index (χ0n) is 8.85. The van der Waals surface area contributed by atoms with Crippen molar-refractivity contribution in [3.63, 3.8) is 0 Å². The molecule has 3 nitrogen and oxygen atoms in total. The fraction of sp³-hybridized carbons (Fsp3) is 0.583. The van der Waals surface area contributed by atoms with Gasteiger partial charge < -0.3 is 4.84 Å². The Hall–Kier alpha value is -1.27. The summed E-state index contributed by atoms with van der Waals surface area (Å²) >= 11 is 0. The molecule has 0 N–H and O–H groups in total. The average Bonchev–Trinajstić information content (AvgIpc) is 2.30. The summed E-state index contributed by atoms with van der Waals surface area (Å²) in [5, 5.41) is 4.19. The van der Waals surface area contributed by atoms with Crippen LogP contribution >= 0.6 is 0 Å². The molecule has 0 unspecified atom stereocenters. The summed E-state index contributed by atoms with van der Waals surface area (Å²) in [5.74, 6) is 3.07. The first-order chi connectivity index (χ1) is 7.40. The molecule has 80 valence electrons. The van der Waals surface area contributed by atoms with Crippen LogP contribution < -0.4 is 0 Å². The summed E-state index contributed by atoms with van der Waals surface area (Å²) in [5.41, 5.74) is 1.21. The molecule has 0 saturated carbocycles. The van der Waals surface area contributed by atoms with Crippen LogP contribution in [-0.4, -0.2) is 36.9 Å². The van der Waals surface area contributed by atoms with Crippen molar-refractivity contribution in [2.24, 2.45) is 11.1 Å². The third-order valence-corrected chi connectivity index (χ3v) is 3.01. The Balaban J connectivity index is 1.81. The van der Waals surface area contributed by atoms with Crippen molar-refractivity contribution in [2.45, 2.75) is 12.8 Å². The molecule has 3 rings (SSSR count). The van der Waals surface area contributed by atoms with E-state index in [2.05, 4.69) is 16.0 Å². The summed E-state index contributed by atoms with van der Waals surface area (Å²) in [6.45, 7) is 3.91. The molecule has 3 aliphatic heterocycles. The highest BCUT2D eigenvalue weighted by molar-refractivity contribution is 5.89. The predicted octanol–water partition coefficient (Wildman–Crippen LogP) is 1.27. The lowest BCUT2D eigenvalue weighted by molar-refractivity contribution is 0.152. The van der Waals surface area contributed by atoms with Gasteiger partial charge in [0.2, 0.25) is 0 Å². The van der Waals surface area contributed by atoms with Gasteiger partial charge in [0, 0.05) is 12.5 Å². The zero-order chi connectivity index (χ0) is 10.5. The first-order valence-electron chi connectivity index (χ1n) is 5.42. The SMILES string of the molecule is C#C/C=C\CON=C1CN2CCC1CC2. The van der Waals surface area contributed by atoms with Gasteiger partial charge in [0.1, 0.15) is 6.61 Å². The summed E-state index contributed by atoms with van der Waals surface area (Å²) < 4.78 is 0. The lowest BCUT2D eigenvalue weighted by Crippen LogP contribution is -2.47. The number of allylic oxidation sites excluding steroid dienone is 1. The molecule has 0 aromatic heterocycles. The second-order valence-corrected chi connectivity index (χ2v) is 4.00. The molecular weight excluding hydrogens is 188 g/mol. The molecule has 0 aromatic rings. The number of hydrogen-bond donors (Lipinski definition) is 0. The smallest absolute Gasteiger partial charge is 0.136 e. The summed E-state index contributed by atoms with van der Waals surface area (Å²) in [6.07, 6.45) is 11.0. The van der Waals surface area contributed by atoms with Gasteiger partial charge in [-0.25, -0.2) is 0 Å². The van der Waals surface area contributed by atoms with Crippen LogP contribution in [0.2, 0.25) is 0 Å². The maximum absolute atomic E-state index is 5.21. The van der Waals surface area contributed by atoms with Crippen molar-refractivity contribution in [3.05, 3.63) is 12.2 Å². The standard InChI is InChI=1S/C12H16N2O/c1-2-3-4-9-15-13-12-10-14-7-5-11(12)6-8-14/h1,3-4,11H,5-10H2/b4-3-,13-12?. The van der Waals surface area contributed by atoms with Crippen LogP contribution in [-0.2, 0) is 4.84 Å². The van der Waals surface area contributed by atoms with E-state index in [1.165, 1.54) is 31.6 Å². The number of fused-ring (bicyclic) bond motifs is 3. The van der Waals surface area contributed by atoms with E-state index in [4.69, 9.17) is 11.3 Å². The lowest BCUT2D eigenvalue weighted by atomic mass is 9.87. The van der Waals surface area contributed by atoms with Crippen molar-refractivity contribution in [2.75, 3.05) is 26.2 Å². The minimum Gasteiger partial charge on any atom is -0.392 e. The number of terminal acetylenes is 1. The van der Waals surface area contributed by atoms with Gasteiger partial charge in [0.05, 0.1) is 5.71 Å². The van der Waals surface area contributed by atoms with Crippen LogP contribution in [0.5, 0.6) is 0 Å². The lowest BCUT2D eigenvalue weighted by Gasteiger charge is -2.39. The molecule has 3 heteroatoms. The Morgan fingerprint density at radius 2 is 2.33 bits per heavy atom. The van der Waals surface area contributed by atoms with E-state index in [1.807, 2.05) is 0 Å². The van der Waals surface area contributed by atoms with E-state index >= 15 is 0 Å². The highest BCUT2D eigenvalue weighted by Crippen LogP contribution is 2.25. The van der Waals surface area contributed by atoms with Crippen LogP contribution in [0.15, 0.2) is 17.3 Å². The monoisotopic (exact) mass is 204 g/mol. The van der Waals surface area contributed by atoms with Crippen molar-refractivity contribution < 1.29 is 4.84 Å². The van der Waals surface area contributed by atoms with Crippen LogP contribution in [0, 0.1) is 18.3 Å². The van der Waals surface area contributed by atoms with E-state index < -0.39 is 0 Å². The van der Waals surface area contributed by atoms with Gasteiger partial charge in [-0.05, 0) is 38.1 Å². The fourth-order valence-corrected chi connectivity index (χ4v) is 2.17. The van der Waals surface area contributed by atoms with Crippen molar-refractivity contribution in [1.82, 2.24) is 4.90 Å². The number of rotatable bonds is 3. The average molecular weight is 204 g/mol. The first kappa shape index (κ1) is 10.3. The molecule has 3 aliphatic rings. The van der Waals surface area contributed by atoms with Gasteiger partial charge in [0.25, 0.3) is 0 Å². The third kappa shape index (κ3) is 2.60. The summed E-state index contributed by atoms with van der Waals surface area (Å²) in [7, 11) is 0. The Kier molecular flexibility index (Phi) is 3.41. The number of piperidine rings is 3. The highest BCUT2D eigenvalue weighted by atomic mass is 16.6. The molecule has 2 bridgehead atoms. The molecule has 3 heterocycles. The Bertz CT molecular complexity index is 306. The van der Waals surface area contributed by atoms with Crippen LogP contribution in [0.4, 0.5) is 0 Å². The van der Waals surface area contributed by atoms with Gasteiger partial charge in [-0.2, -0.15) is 0 Å². The van der Waals surface area contributed by atoms with E-state index in [-0.39, 0.29) is 0 Å². The molecule has 0 aliphatic carbocycles. The minimum absolute atomic E-state index is 0.473. The van der Waals surface area contributed by atoms with Gasteiger partial charge in [0.15, 0.2) is 0 Å². The van der Waals surface area contributed by atoms with Gasteiger partial charge in [-0.15, -0.1) is 6.42 Å². The predicted molar refractivity (Wildman–Crippen MR) is 60.5 cm³/mol. The van der Waals surface area contributed by atoms with Gasteiger partial charge in [-0.3, -0.25) is 4.90 Å². The number of oxime groups is 1. The van der Waals surface area contributed by atoms with E-state index in [1.54, 1.807) is 12.2 Å². The number of nitrogens with zero attached hydrogens (tertiary/aromatic N) is 2. The maximum atomic E-state index is 5.21. The van der Waals surface area contributed by atoms with E-state index in [0.717, 1.165) is 6.54 Å². The second-order valence-electron chi connectivity index (χ2n) is 4.00. The second kappa shape index (κ2) is 4.99. The van der Waals surface area contributed by atoms with Crippen LogP contribution in [0.25, 0.3) is 0 Å². The molecule has 0 atom stereocenters. The van der Waals surface area contributed by atoms with E-state index in [9.17, 15) is 0 Å². The van der Waals surface area contributed by atoms with E-state index in [0.29, 0.717) is 12.5 Å². The normalized spacial score (nSPS) is 32.1. The third-order valence-electron chi connectivity index (χ3n) is 3.01. The van der Waals surface area contributed by atoms with Crippen molar-refractivity contribution >= 4 is 5.71 Å². The Morgan fingerprint density at radius 3 is 2.93 bits per heavy atom. The highest BCUT2D eigenvalue weighted by Gasteiger charge is 2.31. The molecule has 3 fully saturated rings. The molecule has 0 spiro atoms. The molecule has 3 saturated heterocycles. The minimum atomic E-state index is 0.473. The largest absolute Gasteiger partial charge is 0.392 e. The molecule has 0 aromatic carbocycles. The van der Waals surface area contributed by atoms with Crippen LogP contribution in [0.1, 0.15) is 12.8 Å². The number of hydrogen-bond acceptors (Lipinski definition) is 3. The summed E-state index contributed by atoms with van der Waals surface area (Å²) in [6, 6.07) is 0. The molecule has 0 amide bonds. The maximum Gasteiger partial charge on any atom is 0.136 e. The van der Waals surface area contributed by atoms with Crippen molar-refractivity contribution in [3.8, 4) is 12.3 Å². The van der Waals surface area contributed by atoms with Gasteiger partial charge >= 0.3 is 0 Å². The Labute approximate surface area is 90.8 Å². The zero-order valence-corrected chi connectivity index (χ0v) is 8.85. The summed E-state index contributed by atoms with van der Waals surface area (Å²) in [4.78, 5) is 7.64. The topological polar surface area (TPSA) is 24.8 Å². The molecular formula is C12H16N2O.